The lowest BCUT2D eigenvalue weighted by Crippen LogP contribution is -2.42. The smallest absolute Gasteiger partial charge is 0.236 e. The van der Waals surface area contributed by atoms with Gasteiger partial charge in [-0.05, 0) is 42.3 Å². The molecule has 0 spiro atoms. The first kappa shape index (κ1) is 21.9. The SMILES string of the molecule is C=CCN1C(=O)C(C)(C)COc2cc(NS(=O)(=O)Cc3cccc4ccccc34)ccc21. The molecule has 4 rings (SSSR count). The van der Waals surface area contributed by atoms with Gasteiger partial charge in [0.05, 0.1) is 22.5 Å². The van der Waals surface area contributed by atoms with E-state index in [0.29, 0.717) is 23.7 Å². The molecule has 0 unspecified atom stereocenters. The summed E-state index contributed by atoms with van der Waals surface area (Å²) in [7, 11) is -3.67. The van der Waals surface area contributed by atoms with E-state index in [1.165, 1.54) is 0 Å². The summed E-state index contributed by atoms with van der Waals surface area (Å²) in [5.41, 5.74) is 0.995. The van der Waals surface area contributed by atoms with Crippen molar-refractivity contribution in [2.24, 2.45) is 5.41 Å². The fourth-order valence-corrected chi connectivity index (χ4v) is 5.08. The Morgan fingerprint density at radius 2 is 1.88 bits per heavy atom. The third-order valence-corrected chi connectivity index (χ3v) is 6.71. The molecule has 0 radical (unpaired) electrons. The molecular weight excluding hydrogens is 424 g/mol. The molecule has 3 aromatic rings. The second kappa shape index (κ2) is 8.31. The summed E-state index contributed by atoms with van der Waals surface area (Å²) in [6.07, 6.45) is 1.66. The first-order valence-electron chi connectivity index (χ1n) is 10.4. The van der Waals surface area contributed by atoms with Crippen molar-refractivity contribution in [3.8, 4) is 5.75 Å². The Morgan fingerprint density at radius 3 is 2.66 bits per heavy atom. The summed E-state index contributed by atoms with van der Waals surface area (Å²) in [6, 6.07) is 18.3. The maximum atomic E-state index is 12.9. The van der Waals surface area contributed by atoms with E-state index in [-0.39, 0.29) is 18.3 Å². The summed E-state index contributed by atoms with van der Waals surface area (Å²) < 4.78 is 34.4. The highest BCUT2D eigenvalue weighted by Crippen LogP contribution is 2.38. The van der Waals surface area contributed by atoms with Crippen molar-refractivity contribution in [2.45, 2.75) is 19.6 Å². The van der Waals surface area contributed by atoms with E-state index < -0.39 is 15.4 Å². The number of carbonyl (C=O) groups is 1. The fourth-order valence-electron chi connectivity index (χ4n) is 3.86. The van der Waals surface area contributed by atoms with Gasteiger partial charge in [0.15, 0.2) is 0 Å². The number of hydrogen-bond acceptors (Lipinski definition) is 4. The number of carbonyl (C=O) groups excluding carboxylic acids is 1. The minimum Gasteiger partial charge on any atom is -0.490 e. The molecule has 6 nitrogen and oxygen atoms in total. The highest BCUT2D eigenvalue weighted by molar-refractivity contribution is 7.91. The van der Waals surface area contributed by atoms with Gasteiger partial charge in [0.1, 0.15) is 12.4 Å². The predicted molar refractivity (Wildman–Crippen MR) is 128 cm³/mol. The van der Waals surface area contributed by atoms with E-state index in [1.54, 1.807) is 29.2 Å². The van der Waals surface area contributed by atoms with Gasteiger partial charge in [0, 0.05) is 12.6 Å². The van der Waals surface area contributed by atoms with Gasteiger partial charge in [-0.3, -0.25) is 9.52 Å². The van der Waals surface area contributed by atoms with Crippen molar-refractivity contribution in [3.05, 3.63) is 78.9 Å². The van der Waals surface area contributed by atoms with Gasteiger partial charge in [0.25, 0.3) is 0 Å². The summed E-state index contributed by atoms with van der Waals surface area (Å²) in [5, 5.41) is 1.90. The highest BCUT2D eigenvalue weighted by Gasteiger charge is 2.37. The topological polar surface area (TPSA) is 75.7 Å². The summed E-state index contributed by atoms with van der Waals surface area (Å²) in [5.74, 6) is 0.233. The Bertz CT molecular complexity index is 1290. The number of nitrogens with one attached hydrogen (secondary N) is 1. The number of ether oxygens (including phenoxy) is 1. The van der Waals surface area contributed by atoms with Crippen molar-refractivity contribution < 1.29 is 17.9 Å². The van der Waals surface area contributed by atoms with Crippen LogP contribution < -0.4 is 14.4 Å². The molecule has 166 valence electrons. The molecule has 0 saturated carbocycles. The molecule has 1 N–H and O–H groups in total. The number of fused-ring (bicyclic) bond motifs is 2. The highest BCUT2D eigenvalue weighted by atomic mass is 32.2. The fraction of sp³-hybridized carbons (Fsp3) is 0.240. The van der Waals surface area contributed by atoms with Crippen LogP contribution in [0.15, 0.2) is 73.3 Å². The van der Waals surface area contributed by atoms with E-state index in [0.717, 1.165) is 16.3 Å². The van der Waals surface area contributed by atoms with Crippen molar-refractivity contribution in [1.82, 2.24) is 0 Å². The maximum Gasteiger partial charge on any atom is 0.236 e. The first-order chi connectivity index (χ1) is 15.2. The standard InChI is InChI=1S/C25H26N2O4S/c1-4-14-27-22-13-12-20(15-23(22)31-17-25(2,3)24(27)28)26-32(29,30)16-19-10-7-9-18-8-5-6-11-21(18)19/h4-13,15,26H,1,14,16-17H2,2-3H3. The second-order valence-corrected chi connectivity index (χ2v) is 10.3. The minimum atomic E-state index is -3.67. The van der Waals surface area contributed by atoms with Crippen LogP contribution in [0.5, 0.6) is 5.75 Å². The maximum absolute atomic E-state index is 12.9. The van der Waals surface area contributed by atoms with Crippen LogP contribution in [0.3, 0.4) is 0 Å². The second-order valence-electron chi connectivity index (χ2n) is 8.56. The van der Waals surface area contributed by atoms with Crippen LogP contribution in [0.1, 0.15) is 19.4 Å². The quantitative estimate of drug-likeness (QED) is 0.552. The molecule has 0 fully saturated rings. The van der Waals surface area contributed by atoms with E-state index in [1.807, 2.05) is 56.3 Å². The molecule has 1 amide bonds. The zero-order valence-corrected chi connectivity index (χ0v) is 19.0. The molecule has 7 heteroatoms. The summed E-state index contributed by atoms with van der Waals surface area (Å²) in [6.45, 7) is 7.92. The molecule has 0 atom stereocenters. The van der Waals surface area contributed by atoms with Gasteiger partial charge in [-0.1, -0.05) is 48.5 Å². The largest absolute Gasteiger partial charge is 0.490 e. The van der Waals surface area contributed by atoms with Crippen LogP contribution >= 0.6 is 0 Å². The van der Waals surface area contributed by atoms with Crippen LogP contribution in [-0.4, -0.2) is 27.5 Å². The lowest BCUT2D eigenvalue weighted by atomic mass is 9.93. The Kier molecular flexibility index (Phi) is 5.69. The van der Waals surface area contributed by atoms with Gasteiger partial charge < -0.3 is 9.64 Å². The molecule has 0 aliphatic carbocycles. The summed E-state index contributed by atoms with van der Waals surface area (Å²) in [4.78, 5) is 14.5. The van der Waals surface area contributed by atoms with Gasteiger partial charge in [0.2, 0.25) is 15.9 Å². The Labute approximate surface area is 188 Å². The Balaban J connectivity index is 1.62. The van der Waals surface area contributed by atoms with Crippen LogP contribution in [0.2, 0.25) is 0 Å². The predicted octanol–water partition coefficient (Wildman–Crippen LogP) is 4.72. The molecule has 32 heavy (non-hydrogen) atoms. The number of hydrogen-bond donors (Lipinski definition) is 1. The van der Waals surface area contributed by atoms with E-state index >= 15 is 0 Å². The zero-order valence-electron chi connectivity index (χ0n) is 18.2. The van der Waals surface area contributed by atoms with Gasteiger partial charge >= 0.3 is 0 Å². The lowest BCUT2D eigenvalue weighted by molar-refractivity contribution is -0.127. The molecule has 0 bridgehead atoms. The number of rotatable bonds is 6. The first-order valence-corrected chi connectivity index (χ1v) is 12.0. The number of amides is 1. The molecule has 0 saturated heterocycles. The van der Waals surface area contributed by atoms with Gasteiger partial charge in [-0.25, -0.2) is 8.42 Å². The Morgan fingerprint density at radius 1 is 1.12 bits per heavy atom. The third kappa shape index (κ3) is 4.34. The Hall–Kier alpha value is -3.32. The molecule has 3 aromatic carbocycles. The minimum absolute atomic E-state index is 0.0690. The van der Waals surface area contributed by atoms with Crippen molar-refractivity contribution in [1.29, 1.82) is 0 Å². The monoisotopic (exact) mass is 450 g/mol. The molecule has 0 aromatic heterocycles. The lowest BCUT2D eigenvalue weighted by Gasteiger charge is -2.27. The van der Waals surface area contributed by atoms with Crippen LogP contribution in [0.4, 0.5) is 11.4 Å². The van der Waals surface area contributed by atoms with Crippen molar-refractivity contribution >= 4 is 38.1 Å². The number of benzene rings is 3. The molecular formula is C25H26N2O4S. The molecule has 1 aliphatic heterocycles. The normalized spacial score (nSPS) is 15.6. The van der Waals surface area contributed by atoms with E-state index in [2.05, 4.69) is 11.3 Å². The number of sulfonamides is 1. The van der Waals surface area contributed by atoms with Crippen LogP contribution in [-0.2, 0) is 20.6 Å². The van der Waals surface area contributed by atoms with E-state index in [9.17, 15) is 13.2 Å². The average molecular weight is 451 g/mol. The molecule has 1 aliphatic rings. The van der Waals surface area contributed by atoms with Crippen molar-refractivity contribution in [2.75, 3.05) is 22.8 Å². The summed E-state index contributed by atoms with van der Waals surface area (Å²) >= 11 is 0. The zero-order chi connectivity index (χ0) is 22.9. The van der Waals surface area contributed by atoms with E-state index in [4.69, 9.17) is 4.74 Å². The van der Waals surface area contributed by atoms with Gasteiger partial charge in [-0.2, -0.15) is 0 Å². The van der Waals surface area contributed by atoms with Crippen LogP contribution in [0.25, 0.3) is 10.8 Å². The number of nitrogens with zero attached hydrogens (tertiary/aromatic N) is 1. The third-order valence-electron chi connectivity index (χ3n) is 5.47. The van der Waals surface area contributed by atoms with Crippen LogP contribution in [0, 0.1) is 5.41 Å². The number of anilines is 2. The molecule has 1 heterocycles. The van der Waals surface area contributed by atoms with Crippen molar-refractivity contribution in [3.63, 3.8) is 0 Å². The average Bonchev–Trinajstić information content (AvgIpc) is 2.84. The van der Waals surface area contributed by atoms with Gasteiger partial charge in [-0.15, -0.1) is 6.58 Å².